The molecule has 0 aromatic carbocycles. The van der Waals surface area contributed by atoms with E-state index in [0.717, 1.165) is 32.0 Å². The predicted molar refractivity (Wildman–Crippen MR) is 68.9 cm³/mol. The van der Waals surface area contributed by atoms with Crippen LogP contribution in [0.2, 0.25) is 0 Å². The van der Waals surface area contributed by atoms with Gasteiger partial charge >= 0.3 is 12.0 Å². The van der Waals surface area contributed by atoms with E-state index >= 15 is 0 Å². The number of carbonyl (C=O) groups is 2. The molecule has 19 heavy (non-hydrogen) atoms. The summed E-state index contributed by atoms with van der Waals surface area (Å²) in [5.41, 5.74) is 0. The zero-order chi connectivity index (χ0) is 13.4. The summed E-state index contributed by atoms with van der Waals surface area (Å²) in [7, 11) is 0. The zero-order valence-corrected chi connectivity index (χ0v) is 11.0. The molecule has 0 aromatic rings. The smallest absolute Gasteiger partial charge is 0.326 e. The third-order valence-corrected chi connectivity index (χ3v) is 4.41. The maximum absolute atomic E-state index is 12.1. The molecule has 2 saturated heterocycles. The summed E-state index contributed by atoms with van der Waals surface area (Å²) in [5, 5.41) is 12.1. The Labute approximate surface area is 112 Å². The van der Waals surface area contributed by atoms with Gasteiger partial charge in [0.05, 0.1) is 0 Å². The van der Waals surface area contributed by atoms with E-state index in [9.17, 15) is 9.59 Å². The minimum atomic E-state index is -0.890. The Morgan fingerprint density at radius 2 is 1.89 bits per heavy atom. The van der Waals surface area contributed by atoms with Crippen molar-refractivity contribution in [3.05, 3.63) is 0 Å². The summed E-state index contributed by atoms with van der Waals surface area (Å²) in [4.78, 5) is 27.1. The fourth-order valence-electron chi connectivity index (χ4n) is 3.20. The van der Waals surface area contributed by atoms with Crippen LogP contribution in [0.25, 0.3) is 0 Å². The van der Waals surface area contributed by atoms with Gasteiger partial charge in [0, 0.05) is 31.7 Å². The summed E-state index contributed by atoms with van der Waals surface area (Å²) in [6.45, 7) is 2.53. The standard InChI is InChI=1S/C13H21N3O3/c17-12(18)11-2-1-6-16(11)13(19)14-9-5-7-15(8-9)10-3-4-10/h9-11H,1-8H2,(H,14,19)(H,17,18)/t9?,11-/m1/s1. The predicted octanol–water partition coefficient (Wildman–Crippen LogP) is 0.482. The Balaban J connectivity index is 1.52. The van der Waals surface area contributed by atoms with Crippen molar-refractivity contribution < 1.29 is 14.7 Å². The number of rotatable bonds is 3. The zero-order valence-electron chi connectivity index (χ0n) is 11.0. The molecular formula is C13H21N3O3. The lowest BCUT2D eigenvalue weighted by Gasteiger charge is -2.24. The number of hydrogen-bond donors (Lipinski definition) is 2. The number of urea groups is 1. The van der Waals surface area contributed by atoms with Crippen LogP contribution in [0.3, 0.4) is 0 Å². The number of carboxylic acids is 1. The van der Waals surface area contributed by atoms with Crippen LogP contribution in [0.15, 0.2) is 0 Å². The molecule has 0 bridgehead atoms. The van der Waals surface area contributed by atoms with Crippen LogP contribution in [-0.4, -0.2) is 64.7 Å². The van der Waals surface area contributed by atoms with Crippen LogP contribution in [0.4, 0.5) is 4.79 Å². The van der Waals surface area contributed by atoms with E-state index < -0.39 is 12.0 Å². The lowest BCUT2D eigenvalue weighted by atomic mass is 10.2. The van der Waals surface area contributed by atoms with Gasteiger partial charge in [-0.3, -0.25) is 4.90 Å². The average Bonchev–Trinajstić information content (AvgIpc) is 2.92. The van der Waals surface area contributed by atoms with E-state index in [4.69, 9.17) is 5.11 Å². The number of amides is 2. The van der Waals surface area contributed by atoms with Crippen LogP contribution in [0.5, 0.6) is 0 Å². The second kappa shape index (κ2) is 5.00. The van der Waals surface area contributed by atoms with Crippen LogP contribution in [0.1, 0.15) is 32.1 Å². The summed E-state index contributed by atoms with van der Waals surface area (Å²) < 4.78 is 0. The first-order valence-corrected chi connectivity index (χ1v) is 7.19. The van der Waals surface area contributed by atoms with Crippen molar-refractivity contribution in [3.63, 3.8) is 0 Å². The molecule has 2 N–H and O–H groups in total. The molecule has 6 heteroatoms. The highest BCUT2D eigenvalue weighted by Gasteiger charge is 2.38. The van der Waals surface area contributed by atoms with Gasteiger partial charge < -0.3 is 15.3 Å². The average molecular weight is 267 g/mol. The third-order valence-electron chi connectivity index (χ3n) is 4.41. The molecule has 2 amide bonds. The summed E-state index contributed by atoms with van der Waals surface area (Å²) >= 11 is 0. The van der Waals surface area contributed by atoms with E-state index in [0.29, 0.717) is 13.0 Å². The highest BCUT2D eigenvalue weighted by atomic mass is 16.4. The van der Waals surface area contributed by atoms with Crippen LogP contribution in [-0.2, 0) is 4.79 Å². The Bertz CT molecular complexity index is 383. The fraction of sp³-hybridized carbons (Fsp3) is 0.846. The molecule has 2 atom stereocenters. The number of likely N-dealkylation sites (tertiary alicyclic amines) is 2. The minimum Gasteiger partial charge on any atom is -0.480 e. The lowest BCUT2D eigenvalue weighted by molar-refractivity contribution is -0.141. The molecule has 0 radical (unpaired) electrons. The molecule has 2 aliphatic heterocycles. The van der Waals surface area contributed by atoms with Crippen LogP contribution >= 0.6 is 0 Å². The summed E-state index contributed by atoms with van der Waals surface area (Å²) in [5.74, 6) is -0.890. The molecule has 3 aliphatic rings. The first kappa shape index (κ1) is 12.7. The number of carbonyl (C=O) groups excluding carboxylic acids is 1. The van der Waals surface area contributed by atoms with Gasteiger partial charge in [0.15, 0.2) is 0 Å². The van der Waals surface area contributed by atoms with Gasteiger partial charge in [-0.05, 0) is 32.1 Å². The fourth-order valence-corrected chi connectivity index (χ4v) is 3.20. The lowest BCUT2D eigenvalue weighted by Crippen LogP contribution is -2.49. The molecule has 1 aliphatic carbocycles. The van der Waals surface area contributed by atoms with E-state index in [1.165, 1.54) is 17.7 Å². The van der Waals surface area contributed by atoms with Gasteiger partial charge in [-0.2, -0.15) is 0 Å². The van der Waals surface area contributed by atoms with Crippen molar-refractivity contribution in [1.82, 2.24) is 15.1 Å². The van der Waals surface area contributed by atoms with Crippen LogP contribution in [0, 0.1) is 0 Å². The maximum Gasteiger partial charge on any atom is 0.326 e. The highest BCUT2D eigenvalue weighted by molar-refractivity contribution is 5.83. The number of aliphatic carboxylic acids is 1. The number of nitrogens with zero attached hydrogens (tertiary/aromatic N) is 2. The molecule has 2 heterocycles. The van der Waals surface area contributed by atoms with E-state index in [-0.39, 0.29) is 12.1 Å². The largest absolute Gasteiger partial charge is 0.480 e. The molecule has 1 saturated carbocycles. The van der Waals surface area contributed by atoms with Gasteiger partial charge in [0.2, 0.25) is 0 Å². The van der Waals surface area contributed by atoms with Crippen LogP contribution < -0.4 is 5.32 Å². The van der Waals surface area contributed by atoms with Gasteiger partial charge in [-0.1, -0.05) is 0 Å². The number of hydrogen-bond acceptors (Lipinski definition) is 3. The molecule has 0 spiro atoms. The topological polar surface area (TPSA) is 72.9 Å². The molecular weight excluding hydrogens is 246 g/mol. The molecule has 3 fully saturated rings. The van der Waals surface area contributed by atoms with Crippen molar-refractivity contribution in [3.8, 4) is 0 Å². The van der Waals surface area contributed by atoms with Crippen molar-refractivity contribution in [1.29, 1.82) is 0 Å². The quantitative estimate of drug-likeness (QED) is 0.780. The van der Waals surface area contributed by atoms with Crippen molar-refractivity contribution in [2.45, 2.75) is 50.2 Å². The first-order chi connectivity index (χ1) is 9.15. The van der Waals surface area contributed by atoms with Crippen molar-refractivity contribution >= 4 is 12.0 Å². The molecule has 3 rings (SSSR count). The summed E-state index contributed by atoms with van der Waals surface area (Å²) in [6.07, 6.45) is 4.90. The van der Waals surface area contributed by atoms with E-state index in [1.807, 2.05) is 0 Å². The van der Waals surface area contributed by atoms with E-state index in [1.54, 1.807) is 0 Å². The normalized spacial score (nSPS) is 31.7. The Morgan fingerprint density at radius 3 is 2.58 bits per heavy atom. The minimum absolute atomic E-state index is 0.183. The molecule has 1 unspecified atom stereocenters. The molecule has 6 nitrogen and oxygen atoms in total. The van der Waals surface area contributed by atoms with Crippen molar-refractivity contribution in [2.75, 3.05) is 19.6 Å². The maximum atomic E-state index is 12.1. The Morgan fingerprint density at radius 1 is 1.11 bits per heavy atom. The SMILES string of the molecule is O=C(O)[C@H]1CCCN1C(=O)NC1CCN(C2CC2)C1. The van der Waals surface area contributed by atoms with Gasteiger partial charge in [0.1, 0.15) is 6.04 Å². The Hall–Kier alpha value is -1.30. The Kier molecular flexibility index (Phi) is 3.35. The second-order valence-electron chi connectivity index (χ2n) is 5.85. The third kappa shape index (κ3) is 2.68. The number of carboxylic acid groups (broad SMARTS) is 1. The van der Waals surface area contributed by atoms with Gasteiger partial charge in [0.25, 0.3) is 0 Å². The second-order valence-corrected chi connectivity index (χ2v) is 5.85. The van der Waals surface area contributed by atoms with Gasteiger partial charge in [-0.25, -0.2) is 9.59 Å². The van der Waals surface area contributed by atoms with Gasteiger partial charge in [-0.15, -0.1) is 0 Å². The number of nitrogens with one attached hydrogen (secondary N) is 1. The molecule has 106 valence electrons. The monoisotopic (exact) mass is 267 g/mol. The summed E-state index contributed by atoms with van der Waals surface area (Å²) in [6, 6.07) is 0.0806. The highest BCUT2D eigenvalue weighted by Crippen LogP contribution is 2.30. The molecule has 0 aromatic heterocycles. The first-order valence-electron chi connectivity index (χ1n) is 7.19. The van der Waals surface area contributed by atoms with E-state index in [2.05, 4.69) is 10.2 Å². The van der Waals surface area contributed by atoms with Crippen molar-refractivity contribution in [2.24, 2.45) is 0 Å².